The first-order chi connectivity index (χ1) is 11.0. The van der Waals surface area contributed by atoms with Crippen LogP contribution in [-0.4, -0.2) is 19.0 Å². The van der Waals surface area contributed by atoms with Crippen LogP contribution < -0.4 is 10.2 Å². The molecule has 1 amide bonds. The topological polar surface area (TPSA) is 33.5 Å². The van der Waals surface area contributed by atoms with Crippen molar-refractivity contribution in [1.29, 1.82) is 0 Å². The predicted octanol–water partition coefficient (Wildman–Crippen LogP) is 3.34. The maximum atomic E-state index is 12.4. The Balaban J connectivity index is 1.98. The number of benzene rings is 1. The highest BCUT2D eigenvalue weighted by Crippen LogP contribution is 2.21. The molecule has 3 nitrogen and oxygen atoms in total. The number of anilines is 1. The van der Waals surface area contributed by atoms with Crippen LogP contribution in [0.4, 0.5) is 5.69 Å². The van der Waals surface area contributed by atoms with Gasteiger partial charge in [0, 0.05) is 5.69 Å². The van der Waals surface area contributed by atoms with Gasteiger partial charge in [0.15, 0.2) is 6.54 Å². The Morgan fingerprint density at radius 2 is 2.13 bits per heavy atom. The SMILES string of the molecule is C=CC[NH+](CC(=O)Nc1ccc(C)cc1C)Cc1ccc(Br)s1. The Bertz CT molecular complexity index is 696. The van der Waals surface area contributed by atoms with Crippen molar-refractivity contribution in [3.8, 4) is 0 Å². The zero-order valence-corrected chi connectivity index (χ0v) is 15.9. The van der Waals surface area contributed by atoms with Gasteiger partial charge < -0.3 is 10.2 Å². The van der Waals surface area contributed by atoms with Crippen molar-refractivity contribution in [2.24, 2.45) is 0 Å². The van der Waals surface area contributed by atoms with Crippen LogP contribution in [0.3, 0.4) is 0 Å². The molecule has 23 heavy (non-hydrogen) atoms. The van der Waals surface area contributed by atoms with E-state index in [1.165, 1.54) is 15.3 Å². The minimum absolute atomic E-state index is 0.0319. The van der Waals surface area contributed by atoms with E-state index >= 15 is 0 Å². The molecule has 1 aromatic carbocycles. The van der Waals surface area contributed by atoms with Gasteiger partial charge in [0.05, 0.1) is 15.2 Å². The summed E-state index contributed by atoms with van der Waals surface area (Å²) in [7, 11) is 0. The van der Waals surface area contributed by atoms with E-state index < -0.39 is 0 Å². The zero-order valence-electron chi connectivity index (χ0n) is 13.5. The summed E-state index contributed by atoms with van der Waals surface area (Å²) in [5.74, 6) is 0.0319. The number of thiophene rings is 1. The monoisotopic (exact) mass is 393 g/mol. The molecule has 0 radical (unpaired) electrons. The minimum atomic E-state index is 0.0319. The van der Waals surface area contributed by atoms with E-state index in [-0.39, 0.29) is 5.91 Å². The second-order valence-electron chi connectivity index (χ2n) is 5.67. The molecule has 0 saturated heterocycles. The second kappa shape index (κ2) is 8.43. The molecule has 0 spiro atoms. The molecule has 1 heterocycles. The van der Waals surface area contributed by atoms with Crippen LogP contribution in [0.25, 0.3) is 0 Å². The third-order valence-electron chi connectivity index (χ3n) is 3.55. The van der Waals surface area contributed by atoms with Gasteiger partial charge in [-0.25, -0.2) is 0 Å². The van der Waals surface area contributed by atoms with E-state index in [1.807, 2.05) is 38.1 Å². The van der Waals surface area contributed by atoms with Gasteiger partial charge in [0.25, 0.3) is 5.91 Å². The van der Waals surface area contributed by atoms with Crippen LogP contribution in [-0.2, 0) is 11.3 Å². The number of rotatable bonds is 7. The maximum Gasteiger partial charge on any atom is 0.279 e. The summed E-state index contributed by atoms with van der Waals surface area (Å²) in [6, 6.07) is 10.2. The lowest BCUT2D eigenvalue weighted by Gasteiger charge is -2.17. The molecule has 122 valence electrons. The summed E-state index contributed by atoms with van der Waals surface area (Å²) < 4.78 is 1.12. The highest BCUT2D eigenvalue weighted by Gasteiger charge is 2.15. The van der Waals surface area contributed by atoms with Gasteiger partial charge >= 0.3 is 0 Å². The average molecular weight is 394 g/mol. The molecular weight excluding hydrogens is 372 g/mol. The normalized spacial score (nSPS) is 12.0. The number of carbonyl (C=O) groups excluding carboxylic acids is 1. The quantitative estimate of drug-likeness (QED) is 0.694. The third-order valence-corrected chi connectivity index (χ3v) is 5.18. The van der Waals surface area contributed by atoms with Crippen molar-refractivity contribution < 1.29 is 9.69 Å². The van der Waals surface area contributed by atoms with Gasteiger partial charge in [-0.15, -0.1) is 11.3 Å². The second-order valence-corrected chi connectivity index (χ2v) is 8.22. The first kappa shape index (κ1) is 17.9. The van der Waals surface area contributed by atoms with Gasteiger partial charge in [-0.2, -0.15) is 0 Å². The van der Waals surface area contributed by atoms with Crippen molar-refractivity contribution in [2.75, 3.05) is 18.4 Å². The fourth-order valence-electron chi connectivity index (χ4n) is 2.48. The van der Waals surface area contributed by atoms with Crippen molar-refractivity contribution in [2.45, 2.75) is 20.4 Å². The molecule has 2 rings (SSSR count). The summed E-state index contributed by atoms with van der Waals surface area (Å²) in [6.07, 6.45) is 1.86. The number of aryl methyl sites for hydroxylation is 2. The standard InChI is InChI=1S/C18H21BrN2OS/c1-4-9-21(11-15-6-8-17(19)23-15)12-18(22)20-16-7-5-13(2)10-14(16)3/h4-8,10H,1,9,11-12H2,2-3H3,(H,20,22)/p+1. The lowest BCUT2D eigenvalue weighted by Crippen LogP contribution is -3.11. The van der Waals surface area contributed by atoms with Crippen LogP contribution in [0, 0.1) is 13.8 Å². The Morgan fingerprint density at radius 1 is 1.35 bits per heavy atom. The molecule has 1 atom stereocenters. The molecule has 0 bridgehead atoms. The summed E-state index contributed by atoms with van der Waals surface area (Å²) >= 11 is 5.19. The van der Waals surface area contributed by atoms with Crippen molar-refractivity contribution in [3.05, 3.63) is 62.8 Å². The lowest BCUT2D eigenvalue weighted by molar-refractivity contribution is -0.899. The summed E-state index contributed by atoms with van der Waals surface area (Å²) in [5.41, 5.74) is 3.17. The number of nitrogens with one attached hydrogen (secondary N) is 2. The summed E-state index contributed by atoms with van der Waals surface area (Å²) in [5, 5.41) is 3.02. The molecule has 0 fully saturated rings. The van der Waals surface area contributed by atoms with Crippen LogP contribution in [0.1, 0.15) is 16.0 Å². The summed E-state index contributed by atoms with van der Waals surface area (Å²) in [4.78, 5) is 14.8. The minimum Gasteiger partial charge on any atom is -0.321 e. The fourth-order valence-corrected chi connectivity index (χ4v) is 4.03. The molecule has 0 aliphatic rings. The smallest absolute Gasteiger partial charge is 0.279 e. The number of halogens is 1. The number of quaternary nitrogens is 1. The zero-order chi connectivity index (χ0) is 16.8. The predicted molar refractivity (Wildman–Crippen MR) is 101 cm³/mol. The number of hydrogen-bond acceptors (Lipinski definition) is 2. The van der Waals surface area contributed by atoms with Gasteiger partial charge in [0.2, 0.25) is 0 Å². The van der Waals surface area contributed by atoms with Gasteiger partial charge in [0.1, 0.15) is 6.54 Å². The van der Waals surface area contributed by atoms with Crippen molar-refractivity contribution >= 4 is 38.9 Å². The van der Waals surface area contributed by atoms with Crippen LogP contribution in [0.5, 0.6) is 0 Å². The van der Waals surface area contributed by atoms with Crippen LogP contribution in [0.2, 0.25) is 0 Å². The number of amides is 1. The van der Waals surface area contributed by atoms with Crippen LogP contribution >= 0.6 is 27.3 Å². The molecule has 0 saturated carbocycles. The molecule has 0 aliphatic carbocycles. The highest BCUT2D eigenvalue weighted by atomic mass is 79.9. The molecular formula is C18H22BrN2OS+. The Kier molecular flexibility index (Phi) is 6.57. The van der Waals surface area contributed by atoms with Gasteiger partial charge in [-0.3, -0.25) is 4.79 Å². The molecule has 1 unspecified atom stereocenters. The van der Waals surface area contributed by atoms with E-state index in [0.29, 0.717) is 6.54 Å². The maximum absolute atomic E-state index is 12.4. The molecule has 2 aromatic rings. The number of hydrogen-bond donors (Lipinski definition) is 2. The first-order valence-corrected chi connectivity index (χ1v) is 9.14. The molecule has 2 N–H and O–H groups in total. The average Bonchev–Trinajstić information content (AvgIpc) is 2.87. The van der Waals surface area contributed by atoms with Gasteiger partial charge in [-0.1, -0.05) is 24.3 Å². The Labute approximate surface area is 150 Å². The number of carbonyl (C=O) groups is 1. The largest absolute Gasteiger partial charge is 0.321 e. The fraction of sp³-hybridized carbons (Fsp3) is 0.278. The Morgan fingerprint density at radius 3 is 2.74 bits per heavy atom. The van der Waals surface area contributed by atoms with E-state index in [2.05, 4.69) is 40.0 Å². The Hall–Kier alpha value is -1.43. The van der Waals surface area contributed by atoms with E-state index in [9.17, 15) is 4.79 Å². The molecule has 0 aliphatic heterocycles. The third kappa shape index (κ3) is 5.61. The molecule has 1 aromatic heterocycles. The van der Waals surface area contributed by atoms with E-state index in [0.717, 1.165) is 28.1 Å². The van der Waals surface area contributed by atoms with Gasteiger partial charge in [-0.05, 0) is 59.6 Å². The summed E-state index contributed by atoms with van der Waals surface area (Å²) in [6.45, 7) is 9.87. The highest BCUT2D eigenvalue weighted by molar-refractivity contribution is 9.11. The van der Waals surface area contributed by atoms with Crippen molar-refractivity contribution in [3.63, 3.8) is 0 Å². The van der Waals surface area contributed by atoms with E-state index in [1.54, 1.807) is 11.3 Å². The lowest BCUT2D eigenvalue weighted by atomic mass is 10.1. The van der Waals surface area contributed by atoms with Crippen LogP contribution in [0.15, 0.2) is 46.8 Å². The molecule has 5 heteroatoms. The van der Waals surface area contributed by atoms with Crippen molar-refractivity contribution in [1.82, 2.24) is 0 Å². The van der Waals surface area contributed by atoms with E-state index in [4.69, 9.17) is 0 Å². The first-order valence-electron chi connectivity index (χ1n) is 7.53.